The molecule has 1 fully saturated rings. The SMILES string of the molecule is COc1cc(-c2nc(-c3ccc(N4CCCC4)cc3)ns2)cc(F)c1O. The van der Waals surface area contributed by atoms with Crippen molar-refractivity contribution in [2.45, 2.75) is 12.8 Å². The van der Waals surface area contributed by atoms with Gasteiger partial charge in [0.2, 0.25) is 0 Å². The van der Waals surface area contributed by atoms with Crippen LogP contribution in [0, 0.1) is 5.82 Å². The molecule has 3 aromatic rings. The number of hydrogen-bond donors (Lipinski definition) is 1. The van der Waals surface area contributed by atoms with Crippen LogP contribution in [0.3, 0.4) is 0 Å². The molecule has 5 nitrogen and oxygen atoms in total. The van der Waals surface area contributed by atoms with Crippen LogP contribution in [0.1, 0.15) is 12.8 Å². The van der Waals surface area contributed by atoms with Crippen LogP contribution in [0.4, 0.5) is 10.1 Å². The van der Waals surface area contributed by atoms with Crippen LogP contribution in [-0.2, 0) is 0 Å². The van der Waals surface area contributed by atoms with Crippen LogP contribution < -0.4 is 9.64 Å². The Labute approximate surface area is 154 Å². The zero-order chi connectivity index (χ0) is 18.1. The van der Waals surface area contributed by atoms with Gasteiger partial charge in [-0.2, -0.15) is 4.37 Å². The molecular weight excluding hydrogens is 353 g/mol. The molecule has 7 heteroatoms. The number of anilines is 1. The van der Waals surface area contributed by atoms with Crippen molar-refractivity contribution < 1.29 is 14.2 Å². The summed E-state index contributed by atoms with van der Waals surface area (Å²) in [4.78, 5) is 6.88. The number of halogens is 1. The maximum absolute atomic E-state index is 13.9. The predicted molar refractivity (Wildman–Crippen MR) is 100 cm³/mol. The average molecular weight is 371 g/mol. The lowest BCUT2D eigenvalue weighted by Crippen LogP contribution is -2.17. The highest BCUT2D eigenvalue weighted by Gasteiger charge is 2.16. The molecule has 0 amide bonds. The van der Waals surface area contributed by atoms with Crippen molar-refractivity contribution in [2.24, 2.45) is 0 Å². The zero-order valence-electron chi connectivity index (χ0n) is 14.3. The molecule has 0 spiro atoms. The van der Waals surface area contributed by atoms with Crippen molar-refractivity contribution >= 4 is 17.2 Å². The predicted octanol–water partition coefficient (Wildman–Crippen LogP) is 4.33. The molecule has 4 rings (SSSR count). The Morgan fingerprint density at radius 1 is 1.12 bits per heavy atom. The molecular formula is C19H18FN3O2S. The number of phenols is 1. The summed E-state index contributed by atoms with van der Waals surface area (Å²) < 4.78 is 23.2. The van der Waals surface area contributed by atoms with Crippen molar-refractivity contribution in [2.75, 3.05) is 25.1 Å². The molecule has 0 atom stereocenters. The second-order valence-corrected chi connectivity index (χ2v) is 6.92. The summed E-state index contributed by atoms with van der Waals surface area (Å²) in [5.41, 5.74) is 2.66. The molecule has 0 radical (unpaired) electrons. The smallest absolute Gasteiger partial charge is 0.194 e. The third kappa shape index (κ3) is 3.10. The fraction of sp³-hybridized carbons (Fsp3) is 0.263. The third-order valence-corrected chi connectivity index (χ3v) is 5.28. The van der Waals surface area contributed by atoms with E-state index in [1.54, 1.807) is 6.07 Å². The maximum atomic E-state index is 13.9. The molecule has 2 heterocycles. The minimum absolute atomic E-state index is 0.0757. The van der Waals surface area contributed by atoms with Crippen LogP contribution in [-0.4, -0.2) is 34.7 Å². The van der Waals surface area contributed by atoms with Crippen LogP contribution in [0.25, 0.3) is 22.0 Å². The maximum Gasteiger partial charge on any atom is 0.194 e. The lowest BCUT2D eigenvalue weighted by molar-refractivity contribution is 0.357. The molecule has 0 saturated carbocycles. The van der Waals surface area contributed by atoms with Gasteiger partial charge in [-0.05, 0) is 60.8 Å². The first-order chi connectivity index (χ1) is 12.7. The van der Waals surface area contributed by atoms with Gasteiger partial charge in [-0.1, -0.05) is 0 Å². The van der Waals surface area contributed by atoms with E-state index < -0.39 is 11.6 Å². The standard InChI is InChI=1S/C19H18FN3O2S/c1-25-16-11-13(10-15(20)17(16)24)19-21-18(22-26-19)12-4-6-14(7-5-12)23-8-2-3-9-23/h4-7,10-11,24H,2-3,8-9H2,1H3. The summed E-state index contributed by atoms with van der Waals surface area (Å²) in [6.45, 7) is 2.21. The topological polar surface area (TPSA) is 58.5 Å². The Kier molecular flexibility index (Phi) is 4.46. The van der Waals surface area contributed by atoms with E-state index in [4.69, 9.17) is 4.74 Å². The van der Waals surface area contributed by atoms with Crippen molar-refractivity contribution in [3.05, 3.63) is 42.2 Å². The Morgan fingerprint density at radius 2 is 1.85 bits per heavy atom. The summed E-state index contributed by atoms with van der Waals surface area (Å²) >= 11 is 1.19. The van der Waals surface area contributed by atoms with Gasteiger partial charge in [0.1, 0.15) is 5.01 Å². The van der Waals surface area contributed by atoms with Crippen molar-refractivity contribution in [3.63, 3.8) is 0 Å². The number of rotatable bonds is 4. The lowest BCUT2D eigenvalue weighted by atomic mass is 10.1. The van der Waals surface area contributed by atoms with E-state index in [1.807, 2.05) is 12.1 Å². The number of nitrogens with zero attached hydrogens (tertiary/aromatic N) is 3. The van der Waals surface area contributed by atoms with Gasteiger partial charge in [0, 0.05) is 29.9 Å². The summed E-state index contributed by atoms with van der Waals surface area (Å²) in [7, 11) is 1.38. The first-order valence-corrected chi connectivity index (χ1v) is 9.19. The Hall–Kier alpha value is -2.67. The fourth-order valence-corrected chi connectivity index (χ4v) is 3.78. The van der Waals surface area contributed by atoms with Gasteiger partial charge in [0.15, 0.2) is 23.1 Å². The van der Waals surface area contributed by atoms with E-state index in [-0.39, 0.29) is 5.75 Å². The summed E-state index contributed by atoms with van der Waals surface area (Å²) in [5.74, 6) is -0.568. The van der Waals surface area contributed by atoms with Crippen molar-refractivity contribution in [1.82, 2.24) is 9.36 Å². The van der Waals surface area contributed by atoms with Crippen LogP contribution in [0.5, 0.6) is 11.5 Å². The molecule has 1 aliphatic heterocycles. The molecule has 1 aromatic heterocycles. The average Bonchev–Trinajstić information content (AvgIpc) is 3.36. The highest BCUT2D eigenvalue weighted by Crippen LogP contribution is 2.36. The second-order valence-electron chi connectivity index (χ2n) is 6.17. The number of benzene rings is 2. The molecule has 1 saturated heterocycles. The van der Waals surface area contributed by atoms with E-state index in [1.165, 1.54) is 43.2 Å². The lowest BCUT2D eigenvalue weighted by Gasteiger charge is -2.17. The number of ether oxygens (including phenoxy) is 1. The second kappa shape index (κ2) is 6.92. The molecule has 134 valence electrons. The van der Waals surface area contributed by atoms with Crippen LogP contribution >= 0.6 is 11.5 Å². The minimum atomic E-state index is -0.744. The molecule has 0 aliphatic carbocycles. The van der Waals surface area contributed by atoms with Crippen LogP contribution in [0.2, 0.25) is 0 Å². The molecule has 26 heavy (non-hydrogen) atoms. The van der Waals surface area contributed by atoms with Gasteiger partial charge < -0.3 is 14.7 Å². The van der Waals surface area contributed by atoms with E-state index >= 15 is 0 Å². The highest BCUT2D eigenvalue weighted by molar-refractivity contribution is 7.09. The van der Waals surface area contributed by atoms with Gasteiger partial charge in [-0.3, -0.25) is 0 Å². The molecule has 1 N–H and O–H groups in total. The number of phenolic OH excluding ortho intramolecular Hbond substituents is 1. The van der Waals surface area contributed by atoms with Gasteiger partial charge >= 0.3 is 0 Å². The number of aromatic nitrogens is 2. The van der Waals surface area contributed by atoms with Gasteiger partial charge in [0.05, 0.1) is 7.11 Å². The first kappa shape index (κ1) is 16.8. The van der Waals surface area contributed by atoms with Crippen molar-refractivity contribution in [1.29, 1.82) is 0 Å². The number of methoxy groups -OCH3 is 1. The number of hydrogen-bond acceptors (Lipinski definition) is 6. The van der Waals surface area contributed by atoms with E-state index in [2.05, 4.69) is 26.4 Å². The Balaban J connectivity index is 1.61. The number of aromatic hydroxyl groups is 1. The summed E-state index contributed by atoms with van der Waals surface area (Å²) in [6, 6.07) is 11.0. The van der Waals surface area contributed by atoms with E-state index in [9.17, 15) is 9.50 Å². The Bertz CT molecular complexity index is 921. The van der Waals surface area contributed by atoms with Gasteiger partial charge in [-0.25, -0.2) is 9.37 Å². The summed E-state index contributed by atoms with van der Waals surface area (Å²) in [5, 5.41) is 10.2. The molecule has 0 unspecified atom stereocenters. The fourth-order valence-electron chi connectivity index (χ4n) is 3.11. The molecule has 1 aliphatic rings. The molecule has 0 bridgehead atoms. The highest BCUT2D eigenvalue weighted by atomic mass is 32.1. The van der Waals surface area contributed by atoms with Gasteiger partial charge in [-0.15, -0.1) is 0 Å². The zero-order valence-corrected chi connectivity index (χ0v) is 15.1. The van der Waals surface area contributed by atoms with E-state index in [0.29, 0.717) is 16.4 Å². The largest absolute Gasteiger partial charge is 0.502 e. The summed E-state index contributed by atoms with van der Waals surface area (Å²) in [6.07, 6.45) is 2.48. The Morgan fingerprint density at radius 3 is 2.54 bits per heavy atom. The minimum Gasteiger partial charge on any atom is -0.502 e. The van der Waals surface area contributed by atoms with Crippen LogP contribution in [0.15, 0.2) is 36.4 Å². The monoisotopic (exact) mass is 371 g/mol. The third-order valence-electron chi connectivity index (χ3n) is 4.52. The molecule has 2 aromatic carbocycles. The quantitative estimate of drug-likeness (QED) is 0.740. The first-order valence-electron chi connectivity index (χ1n) is 8.41. The normalized spacial score (nSPS) is 14.0. The van der Waals surface area contributed by atoms with Gasteiger partial charge in [0.25, 0.3) is 0 Å². The van der Waals surface area contributed by atoms with E-state index in [0.717, 1.165) is 18.7 Å². The van der Waals surface area contributed by atoms with Crippen molar-refractivity contribution in [3.8, 4) is 33.5 Å².